The third-order valence-electron chi connectivity index (χ3n) is 11.6. The lowest BCUT2D eigenvalue weighted by Crippen LogP contribution is -1.97. The minimum Gasteiger partial charge on any atom is -0.456 e. The van der Waals surface area contributed by atoms with Crippen molar-refractivity contribution >= 4 is 54.3 Å². The van der Waals surface area contributed by atoms with Gasteiger partial charge in [0.1, 0.15) is 11.2 Å². The minimum absolute atomic E-state index is 0.201. The van der Waals surface area contributed by atoms with Crippen molar-refractivity contribution in [3.8, 4) is 55.6 Å². The van der Waals surface area contributed by atoms with Crippen LogP contribution in [0.2, 0.25) is 0 Å². The monoisotopic (exact) mass is 731 g/mol. The Balaban J connectivity index is 1.22. The molecule has 0 unspecified atom stereocenters. The van der Waals surface area contributed by atoms with Gasteiger partial charge in [-0.15, -0.1) is 0 Å². The minimum atomic E-state index is -0.395. The van der Waals surface area contributed by atoms with Gasteiger partial charge >= 0.3 is 0 Å². The Morgan fingerprint density at radius 2 is 0.895 bits per heavy atom. The largest absolute Gasteiger partial charge is 0.456 e. The molecule has 0 N–H and O–H groups in total. The molecule has 0 saturated carbocycles. The molecule has 1 nitrogen and oxygen atoms in total. The van der Waals surface area contributed by atoms with Crippen LogP contribution in [0.5, 0.6) is 0 Å². The van der Waals surface area contributed by atoms with Gasteiger partial charge in [0.15, 0.2) is 0 Å². The van der Waals surface area contributed by atoms with Crippen LogP contribution in [0.3, 0.4) is 0 Å². The normalized spacial score (nSPS) is 12.9. The summed E-state index contributed by atoms with van der Waals surface area (Å²) in [6.45, 7) is 4.01. The summed E-state index contributed by atoms with van der Waals surface area (Å²) in [6.07, 6.45) is 0. The molecule has 0 saturated heterocycles. The van der Waals surface area contributed by atoms with E-state index in [1.807, 2.05) is 32.0 Å². The maximum Gasteiger partial charge on any atom is 0.135 e. The zero-order valence-corrected chi connectivity index (χ0v) is 31.5. The Bertz CT molecular complexity index is 3590. The Kier molecular flexibility index (Phi) is 6.55. The second-order valence-corrected chi connectivity index (χ2v) is 14.9. The molecule has 11 aromatic rings. The van der Waals surface area contributed by atoms with Crippen LogP contribution >= 0.6 is 0 Å². The highest BCUT2D eigenvalue weighted by Gasteiger charge is 2.23. The molecule has 0 aliphatic heterocycles. The van der Waals surface area contributed by atoms with Crippen molar-refractivity contribution in [1.29, 1.82) is 0 Å². The van der Waals surface area contributed by atoms with Crippen LogP contribution in [0, 0.1) is 13.8 Å². The predicted octanol–water partition coefficient (Wildman–Crippen LogP) is 16.0. The first-order valence-electron chi connectivity index (χ1n) is 21.8. The molecule has 0 radical (unpaired) electrons. The summed E-state index contributed by atoms with van der Waals surface area (Å²) in [5, 5.41) is 8.92. The molecule has 0 fully saturated rings. The zero-order valence-electron chi connectivity index (χ0n) is 36.5. The van der Waals surface area contributed by atoms with E-state index in [0.717, 1.165) is 99.1 Å². The standard InChI is InChI=1S/C56H38O/c1-35-32-50(36(2)31-49(35)38-16-4-3-5-17-38)54-45-20-8-10-22-47(45)56(48-23-11-9-21-46(48)54)55-42(40-28-27-37-15-6-7-18-39(37)33-40)24-14-25-43(55)41-29-30-53-51(34-41)44-19-12-13-26-52(44)57-53/h3-34H,1-2H3/i3D,4D,5D,16D,17D. The van der Waals surface area contributed by atoms with E-state index in [2.05, 4.69) is 146 Å². The molecule has 1 heteroatoms. The molecule has 10 aromatic carbocycles. The van der Waals surface area contributed by atoms with E-state index in [-0.39, 0.29) is 29.7 Å². The average Bonchev–Trinajstić information content (AvgIpc) is 3.68. The Labute approximate surface area is 339 Å². The van der Waals surface area contributed by atoms with Gasteiger partial charge in [0, 0.05) is 10.8 Å². The van der Waals surface area contributed by atoms with Crippen LogP contribution in [0.15, 0.2) is 198 Å². The fraction of sp³-hybridized carbons (Fsp3) is 0.0357. The number of para-hydroxylation sites is 1. The van der Waals surface area contributed by atoms with Crippen LogP contribution in [0.1, 0.15) is 18.0 Å². The first-order valence-corrected chi connectivity index (χ1v) is 19.3. The lowest BCUT2D eigenvalue weighted by molar-refractivity contribution is 0.669. The summed E-state index contributed by atoms with van der Waals surface area (Å²) in [7, 11) is 0. The highest BCUT2D eigenvalue weighted by atomic mass is 16.3. The maximum absolute atomic E-state index is 8.77. The summed E-state index contributed by atoms with van der Waals surface area (Å²) >= 11 is 0. The molecule has 0 aliphatic carbocycles. The smallest absolute Gasteiger partial charge is 0.135 e. The van der Waals surface area contributed by atoms with E-state index >= 15 is 0 Å². The van der Waals surface area contributed by atoms with Gasteiger partial charge in [-0.1, -0.05) is 170 Å². The Morgan fingerprint density at radius 3 is 1.61 bits per heavy atom. The van der Waals surface area contributed by atoms with Crippen molar-refractivity contribution in [2.45, 2.75) is 13.8 Å². The SMILES string of the molecule is [2H]c1c([2H])c([2H])c(-c2cc(C)c(-c3c4ccccc4c(-c4c(-c5ccc6ccccc6c5)cccc4-c4ccc5oc6ccccc6c5c4)c4ccccc34)cc2C)c([2H])c1[2H]. The van der Waals surface area contributed by atoms with Crippen molar-refractivity contribution in [3.05, 3.63) is 205 Å². The van der Waals surface area contributed by atoms with Crippen molar-refractivity contribution in [2.75, 3.05) is 0 Å². The van der Waals surface area contributed by atoms with Gasteiger partial charge < -0.3 is 4.42 Å². The van der Waals surface area contributed by atoms with E-state index < -0.39 is 6.04 Å². The number of hydrogen-bond donors (Lipinski definition) is 0. The molecule has 1 aromatic heterocycles. The highest BCUT2D eigenvalue weighted by molar-refractivity contribution is 6.24. The van der Waals surface area contributed by atoms with E-state index in [1.54, 1.807) is 0 Å². The molecule has 0 bridgehead atoms. The first kappa shape index (κ1) is 28.2. The second kappa shape index (κ2) is 13.2. The molecule has 11 rings (SSSR count). The van der Waals surface area contributed by atoms with Gasteiger partial charge in [-0.2, -0.15) is 0 Å². The highest BCUT2D eigenvalue weighted by Crippen LogP contribution is 2.50. The van der Waals surface area contributed by atoms with Crippen molar-refractivity contribution in [3.63, 3.8) is 0 Å². The van der Waals surface area contributed by atoms with Gasteiger partial charge in [-0.05, 0) is 137 Å². The average molecular weight is 732 g/mol. The number of hydrogen-bond acceptors (Lipinski definition) is 1. The maximum atomic E-state index is 8.77. The predicted molar refractivity (Wildman–Crippen MR) is 243 cm³/mol. The molecule has 0 aliphatic rings. The van der Waals surface area contributed by atoms with Crippen LogP contribution in [0.4, 0.5) is 0 Å². The first-order chi connectivity index (χ1) is 30.2. The van der Waals surface area contributed by atoms with E-state index in [4.69, 9.17) is 11.3 Å². The number of furan rings is 1. The number of benzene rings is 10. The molecule has 57 heavy (non-hydrogen) atoms. The van der Waals surface area contributed by atoms with E-state index in [1.165, 1.54) is 10.8 Å². The summed E-state index contributed by atoms with van der Waals surface area (Å²) in [5.41, 5.74) is 13.2. The van der Waals surface area contributed by atoms with Gasteiger partial charge in [0.25, 0.3) is 0 Å². The second-order valence-electron chi connectivity index (χ2n) is 14.9. The number of fused-ring (bicyclic) bond motifs is 6. The molecule has 1 heterocycles. The molecular formula is C56H38O. The summed E-state index contributed by atoms with van der Waals surface area (Å²) in [6, 6.07) is 56.6. The van der Waals surface area contributed by atoms with Gasteiger partial charge in [0.05, 0.1) is 6.85 Å². The van der Waals surface area contributed by atoms with E-state index in [9.17, 15) is 0 Å². The Hall–Kier alpha value is -7.22. The quantitative estimate of drug-likeness (QED) is 0.161. The van der Waals surface area contributed by atoms with Crippen LogP contribution in [0.25, 0.3) is 110 Å². The number of rotatable bonds is 5. The number of aryl methyl sites for hydroxylation is 2. The van der Waals surface area contributed by atoms with Crippen molar-refractivity contribution < 1.29 is 11.3 Å². The van der Waals surface area contributed by atoms with E-state index in [0.29, 0.717) is 5.56 Å². The lowest BCUT2D eigenvalue weighted by atomic mass is 9.80. The fourth-order valence-electron chi connectivity index (χ4n) is 8.98. The molecule has 0 atom stereocenters. The van der Waals surface area contributed by atoms with Gasteiger partial charge in [0.2, 0.25) is 0 Å². The van der Waals surface area contributed by atoms with Crippen LogP contribution in [-0.2, 0) is 0 Å². The summed E-state index contributed by atoms with van der Waals surface area (Å²) < 4.78 is 48.8. The summed E-state index contributed by atoms with van der Waals surface area (Å²) in [5.74, 6) is 0. The Morgan fingerprint density at radius 1 is 0.351 bits per heavy atom. The third-order valence-corrected chi connectivity index (χ3v) is 11.6. The molecule has 0 amide bonds. The van der Waals surface area contributed by atoms with Crippen LogP contribution < -0.4 is 0 Å². The fourth-order valence-corrected chi connectivity index (χ4v) is 8.98. The zero-order chi connectivity index (χ0) is 42.4. The van der Waals surface area contributed by atoms with Crippen molar-refractivity contribution in [2.24, 2.45) is 0 Å². The lowest BCUT2D eigenvalue weighted by Gasteiger charge is -2.23. The third kappa shape index (κ3) is 5.39. The molecule has 268 valence electrons. The topological polar surface area (TPSA) is 13.1 Å². The van der Waals surface area contributed by atoms with Gasteiger partial charge in [-0.25, -0.2) is 0 Å². The van der Waals surface area contributed by atoms with Gasteiger partial charge in [-0.3, -0.25) is 0 Å². The van der Waals surface area contributed by atoms with Crippen LogP contribution in [-0.4, -0.2) is 0 Å². The van der Waals surface area contributed by atoms with Crippen molar-refractivity contribution in [1.82, 2.24) is 0 Å². The summed E-state index contributed by atoms with van der Waals surface area (Å²) in [4.78, 5) is 0. The molecule has 0 spiro atoms. The molecular weight excluding hydrogens is 689 g/mol.